The number of esters is 1. The largest absolute Gasteiger partial charge is 0.457 e. The lowest BCUT2D eigenvalue weighted by Gasteiger charge is -2.05. The highest BCUT2D eigenvalue weighted by molar-refractivity contribution is 5.92. The van der Waals surface area contributed by atoms with Crippen molar-refractivity contribution in [3.8, 4) is 0 Å². The molecule has 0 N–H and O–H groups in total. The standard InChI is InChI=1S/C18H18O2/c1-14-8-10-16(11-9-14)12-15(2)18(19)20-13-17-6-4-3-5-7-17/h3-12H,13H2,1-2H3. The van der Waals surface area contributed by atoms with Crippen molar-refractivity contribution < 1.29 is 9.53 Å². The minimum absolute atomic E-state index is 0.283. The first-order valence-corrected chi connectivity index (χ1v) is 6.61. The van der Waals surface area contributed by atoms with E-state index < -0.39 is 0 Å². The van der Waals surface area contributed by atoms with Crippen LogP contribution in [0.15, 0.2) is 60.2 Å². The Morgan fingerprint density at radius 2 is 1.70 bits per heavy atom. The number of aryl methyl sites for hydroxylation is 1. The van der Waals surface area contributed by atoms with E-state index >= 15 is 0 Å². The van der Waals surface area contributed by atoms with Crippen LogP contribution in [0.3, 0.4) is 0 Å². The molecule has 0 unspecified atom stereocenters. The number of hydrogen-bond acceptors (Lipinski definition) is 2. The van der Waals surface area contributed by atoms with Crippen LogP contribution in [-0.2, 0) is 16.1 Å². The van der Waals surface area contributed by atoms with Gasteiger partial charge in [0.05, 0.1) is 0 Å². The molecule has 102 valence electrons. The SMILES string of the molecule is CC(=Cc1ccc(C)cc1)C(=O)OCc1ccccc1. The third-order valence-electron chi connectivity index (χ3n) is 3.00. The third kappa shape index (κ3) is 4.09. The van der Waals surface area contributed by atoms with Gasteiger partial charge in [-0.15, -0.1) is 0 Å². The van der Waals surface area contributed by atoms with Gasteiger partial charge in [0.2, 0.25) is 0 Å². The Morgan fingerprint density at radius 1 is 1.05 bits per heavy atom. The smallest absolute Gasteiger partial charge is 0.334 e. The second-order valence-corrected chi connectivity index (χ2v) is 4.80. The molecule has 0 aliphatic heterocycles. The van der Waals surface area contributed by atoms with E-state index in [0.29, 0.717) is 12.2 Å². The minimum atomic E-state index is -0.283. The Kier molecular flexibility index (Phi) is 4.72. The molecule has 2 aromatic carbocycles. The van der Waals surface area contributed by atoms with Crippen LogP contribution < -0.4 is 0 Å². The Balaban J connectivity index is 1.96. The summed E-state index contributed by atoms with van der Waals surface area (Å²) in [6, 6.07) is 17.7. The van der Waals surface area contributed by atoms with Crippen molar-refractivity contribution in [2.75, 3.05) is 0 Å². The molecule has 0 radical (unpaired) electrons. The summed E-state index contributed by atoms with van der Waals surface area (Å²) in [5, 5.41) is 0. The summed E-state index contributed by atoms with van der Waals surface area (Å²) in [5.41, 5.74) is 3.80. The molecule has 0 aliphatic rings. The topological polar surface area (TPSA) is 26.3 Å². The average Bonchev–Trinajstić information content (AvgIpc) is 2.48. The van der Waals surface area contributed by atoms with Gasteiger partial charge >= 0.3 is 5.97 Å². The van der Waals surface area contributed by atoms with Crippen molar-refractivity contribution in [1.82, 2.24) is 0 Å². The van der Waals surface area contributed by atoms with E-state index in [0.717, 1.165) is 11.1 Å². The molecule has 0 saturated heterocycles. The van der Waals surface area contributed by atoms with E-state index in [4.69, 9.17) is 4.74 Å². The average molecular weight is 266 g/mol. The van der Waals surface area contributed by atoms with Crippen molar-refractivity contribution in [2.24, 2.45) is 0 Å². The molecule has 0 fully saturated rings. The molecule has 0 aliphatic carbocycles. The van der Waals surface area contributed by atoms with Gasteiger partial charge in [-0.05, 0) is 31.1 Å². The molecule has 0 atom stereocenters. The van der Waals surface area contributed by atoms with Crippen molar-refractivity contribution in [1.29, 1.82) is 0 Å². The molecular weight excluding hydrogens is 248 g/mol. The quantitative estimate of drug-likeness (QED) is 0.614. The zero-order valence-corrected chi connectivity index (χ0v) is 11.8. The maximum Gasteiger partial charge on any atom is 0.334 e. The number of ether oxygens (including phenoxy) is 1. The lowest BCUT2D eigenvalue weighted by molar-refractivity contribution is -0.140. The fourth-order valence-electron chi connectivity index (χ4n) is 1.81. The summed E-state index contributed by atoms with van der Waals surface area (Å²) in [6.45, 7) is 4.11. The molecule has 0 saturated carbocycles. The van der Waals surface area contributed by atoms with Crippen LogP contribution >= 0.6 is 0 Å². The van der Waals surface area contributed by atoms with Crippen molar-refractivity contribution in [3.05, 3.63) is 76.9 Å². The van der Waals surface area contributed by atoms with E-state index in [2.05, 4.69) is 0 Å². The second kappa shape index (κ2) is 6.71. The predicted molar refractivity (Wildman–Crippen MR) is 81.1 cm³/mol. The molecular formula is C18H18O2. The van der Waals surface area contributed by atoms with E-state index in [-0.39, 0.29) is 5.97 Å². The molecule has 2 heteroatoms. The van der Waals surface area contributed by atoms with Gasteiger partial charge in [-0.1, -0.05) is 60.2 Å². The third-order valence-corrected chi connectivity index (χ3v) is 3.00. The lowest BCUT2D eigenvalue weighted by atomic mass is 10.1. The number of benzene rings is 2. The van der Waals surface area contributed by atoms with Crippen molar-refractivity contribution in [3.63, 3.8) is 0 Å². The fraction of sp³-hybridized carbons (Fsp3) is 0.167. The maximum absolute atomic E-state index is 11.9. The van der Waals surface area contributed by atoms with Gasteiger partial charge in [0, 0.05) is 5.57 Å². The van der Waals surface area contributed by atoms with Crippen LogP contribution in [0.25, 0.3) is 6.08 Å². The molecule has 0 amide bonds. The zero-order chi connectivity index (χ0) is 14.4. The minimum Gasteiger partial charge on any atom is -0.457 e. The molecule has 2 aromatic rings. The first kappa shape index (κ1) is 14.1. The number of carbonyl (C=O) groups is 1. The molecule has 0 heterocycles. The Morgan fingerprint density at radius 3 is 2.35 bits per heavy atom. The predicted octanol–water partition coefficient (Wildman–Crippen LogP) is 4.14. The molecule has 2 nitrogen and oxygen atoms in total. The van der Waals surface area contributed by atoms with Gasteiger partial charge in [0.1, 0.15) is 6.61 Å². The molecule has 2 rings (SSSR count). The summed E-state index contributed by atoms with van der Waals surface area (Å²) in [5.74, 6) is -0.283. The van der Waals surface area contributed by atoms with Crippen LogP contribution in [0.4, 0.5) is 0 Å². The van der Waals surface area contributed by atoms with Crippen molar-refractivity contribution >= 4 is 12.0 Å². The first-order chi connectivity index (χ1) is 9.65. The Bertz CT molecular complexity index is 595. The monoisotopic (exact) mass is 266 g/mol. The van der Waals surface area contributed by atoms with Gasteiger partial charge in [0.25, 0.3) is 0 Å². The van der Waals surface area contributed by atoms with Crippen LogP contribution in [0.2, 0.25) is 0 Å². The van der Waals surface area contributed by atoms with Gasteiger partial charge in [-0.2, -0.15) is 0 Å². The Labute approximate surface area is 119 Å². The molecule has 20 heavy (non-hydrogen) atoms. The number of rotatable bonds is 4. The molecule has 0 bridgehead atoms. The summed E-state index contributed by atoms with van der Waals surface area (Å²) in [7, 11) is 0. The highest BCUT2D eigenvalue weighted by Gasteiger charge is 2.06. The van der Waals surface area contributed by atoms with Gasteiger partial charge in [-0.25, -0.2) is 4.79 Å². The van der Waals surface area contributed by atoms with E-state index in [1.54, 1.807) is 6.92 Å². The van der Waals surface area contributed by atoms with E-state index in [9.17, 15) is 4.79 Å². The molecule has 0 aromatic heterocycles. The summed E-state index contributed by atoms with van der Waals surface area (Å²) >= 11 is 0. The van der Waals surface area contributed by atoms with E-state index in [1.165, 1.54) is 5.56 Å². The first-order valence-electron chi connectivity index (χ1n) is 6.61. The Hall–Kier alpha value is -2.35. The highest BCUT2D eigenvalue weighted by Crippen LogP contribution is 2.10. The van der Waals surface area contributed by atoms with Gasteiger partial charge in [-0.3, -0.25) is 0 Å². The second-order valence-electron chi connectivity index (χ2n) is 4.80. The van der Waals surface area contributed by atoms with E-state index in [1.807, 2.05) is 67.6 Å². The number of hydrogen-bond donors (Lipinski definition) is 0. The zero-order valence-electron chi connectivity index (χ0n) is 11.8. The lowest BCUT2D eigenvalue weighted by Crippen LogP contribution is -2.05. The van der Waals surface area contributed by atoms with Crippen LogP contribution in [0.5, 0.6) is 0 Å². The number of carbonyl (C=O) groups excluding carboxylic acids is 1. The van der Waals surface area contributed by atoms with Crippen molar-refractivity contribution in [2.45, 2.75) is 20.5 Å². The highest BCUT2D eigenvalue weighted by atomic mass is 16.5. The van der Waals surface area contributed by atoms with Gasteiger partial charge < -0.3 is 4.74 Å². The normalized spacial score (nSPS) is 11.2. The summed E-state index contributed by atoms with van der Waals surface area (Å²) in [4.78, 5) is 11.9. The van der Waals surface area contributed by atoms with Crippen LogP contribution in [0.1, 0.15) is 23.6 Å². The summed E-state index contributed by atoms with van der Waals surface area (Å²) in [6.07, 6.45) is 1.84. The fourth-order valence-corrected chi connectivity index (χ4v) is 1.81. The van der Waals surface area contributed by atoms with Gasteiger partial charge in [0.15, 0.2) is 0 Å². The van der Waals surface area contributed by atoms with Crippen LogP contribution in [-0.4, -0.2) is 5.97 Å². The molecule has 0 spiro atoms. The summed E-state index contributed by atoms with van der Waals surface area (Å²) < 4.78 is 5.28. The van der Waals surface area contributed by atoms with Crippen LogP contribution in [0, 0.1) is 6.92 Å². The maximum atomic E-state index is 11.9.